The second-order valence-electron chi connectivity index (χ2n) is 29.4. The second-order valence-corrected chi connectivity index (χ2v) is 37.0. The Balaban J connectivity index is 0.994. The average molecular weight is 2020 g/mol. The number of rotatable bonds is 60. The monoisotopic (exact) mass is 2020 g/mol. The van der Waals surface area contributed by atoms with Gasteiger partial charge in [0.15, 0.2) is 55.9 Å². The fourth-order valence-electron chi connectivity index (χ4n) is 15.3. The number of carboxylic acid groups (broad SMARTS) is 2. The van der Waals surface area contributed by atoms with Crippen LogP contribution in [0.5, 0.6) is 0 Å². The molecular weight excluding hydrogens is 1910 g/mol. The van der Waals surface area contributed by atoms with E-state index in [0.717, 1.165) is 81.9 Å². The van der Waals surface area contributed by atoms with Crippen LogP contribution < -0.4 is 16.0 Å². The number of nitrogens with one attached hydrogen (secondary N) is 3. The molecule has 7 fully saturated rings. The highest BCUT2D eigenvalue weighted by atomic mass is 32.3. The molecule has 0 aromatic heterocycles. The molecule has 0 saturated carbocycles. The summed E-state index contributed by atoms with van der Waals surface area (Å²) in [4.78, 5) is 76.5. The van der Waals surface area contributed by atoms with E-state index in [1.54, 1.807) is 0 Å². The Hall–Kier alpha value is -4.25. The molecule has 0 aromatic carbocycles. The molecule has 0 aromatic rings. The number of fused-ring (bicyclic) bond motifs is 1. The van der Waals surface area contributed by atoms with Gasteiger partial charge in [0.1, 0.15) is 109 Å². The van der Waals surface area contributed by atoms with Crippen LogP contribution in [0.25, 0.3) is 0 Å². The number of hydrogen-bond donors (Lipinski definition) is 11. The van der Waals surface area contributed by atoms with Gasteiger partial charge in [-0.25, -0.2) is 39.5 Å². The summed E-state index contributed by atoms with van der Waals surface area (Å²) in [5.41, 5.74) is 0. The van der Waals surface area contributed by atoms with Gasteiger partial charge < -0.3 is 130 Å². The van der Waals surface area contributed by atoms with Crippen molar-refractivity contribution in [2.45, 2.75) is 242 Å². The highest BCUT2D eigenvalue weighted by Gasteiger charge is 2.63. The number of methoxy groups -OCH3 is 8. The Morgan fingerprint density at radius 2 is 0.822 bits per heavy atom. The number of ketones is 2. The molecule has 0 bridgehead atoms. The molecule has 0 radical (unpaired) electrons. The topological polar surface area (TPSA) is 754 Å². The Morgan fingerprint density at radius 3 is 1.26 bits per heavy atom. The standard InChI is InChI=1S/C66H111N3O53S7/c1-32(70)27-33(15-12-13-19-67-40(72)18-11-10-17-39-41-34(31-123-39)68-66(77)69-41)35(71)16-14-20-104-21-22-105-23-24-106-25-26-107-42-36(28-108-124(78,79)80)112-62(54(100-6)45(42)96-2)116-49-47(98-4)56(102-8)64(119-52(49)59(73)74)115-44-38(30-110-126(84,85)86)113-65(58(122-129(93,94)95)51(44)120-127(87,88)89)117-50-48(99-5)55(101-7)63(118-53(50)60(75)76)114-43-37(29-109-125(81,82)83)111-61(103-9)57(46(43)97-3)121-128(90,91)92/h33-34,36-39,41-58,61-65H,10-31H2,1-9H3,(H,67,72)(H,73,74)(H,75,76)(H2,68,69,77)(H,78,79,80)(H,81,82,83)(H,84,85,86)(H,87,88,89)(H,90,91,92)(H,93,94,95)/t33-,34+,36-,37-,38-,39+,41+,42-,43-,44-,45+,46+,47+,48+,49+,50+,51+,52+,53-,54-,55-,56-,57-,58-,61+,62-,63-,64-,65-/m1/s1. The van der Waals surface area contributed by atoms with Gasteiger partial charge in [-0.05, 0) is 39.0 Å². The van der Waals surface area contributed by atoms with Crippen LogP contribution in [0.15, 0.2) is 0 Å². The lowest BCUT2D eigenvalue weighted by Gasteiger charge is -2.51. The van der Waals surface area contributed by atoms with Gasteiger partial charge >= 0.3 is 80.4 Å². The highest BCUT2D eigenvalue weighted by molar-refractivity contribution is 8.00. The second kappa shape index (κ2) is 51.8. The van der Waals surface area contributed by atoms with Crippen molar-refractivity contribution in [3.8, 4) is 0 Å². The van der Waals surface area contributed by atoms with Crippen molar-refractivity contribution in [3.05, 3.63) is 0 Å². The first-order valence-corrected chi connectivity index (χ1v) is 48.6. The van der Waals surface area contributed by atoms with Crippen LogP contribution in [0.2, 0.25) is 0 Å². The van der Waals surface area contributed by atoms with Gasteiger partial charge in [-0.2, -0.15) is 62.3 Å². The number of amides is 3. The number of aliphatic carboxylic acids is 2. The predicted octanol–water partition coefficient (Wildman–Crippen LogP) is -4.51. The zero-order valence-corrected chi connectivity index (χ0v) is 76.3. The van der Waals surface area contributed by atoms with Gasteiger partial charge in [0.2, 0.25) is 5.91 Å². The molecule has 7 saturated heterocycles. The van der Waals surface area contributed by atoms with E-state index < -0.39 is 254 Å². The molecule has 0 aliphatic carbocycles. The molecule has 63 heteroatoms. The number of ether oxygens (including phenoxy) is 21. The van der Waals surface area contributed by atoms with Crippen LogP contribution in [0, 0.1) is 5.92 Å². The lowest BCUT2D eigenvalue weighted by Crippen LogP contribution is -2.70. The van der Waals surface area contributed by atoms with E-state index >= 15 is 0 Å². The van der Waals surface area contributed by atoms with E-state index in [4.69, 9.17) is 112 Å². The van der Waals surface area contributed by atoms with Crippen molar-refractivity contribution in [3.63, 3.8) is 0 Å². The molecule has 11 N–H and O–H groups in total. The number of unbranched alkanes of at least 4 members (excludes halogenated alkanes) is 2. The summed E-state index contributed by atoms with van der Waals surface area (Å²) >= 11 is 1.82. The summed E-state index contributed by atoms with van der Waals surface area (Å²) in [6, 6.07) is 0.106. The Morgan fingerprint density at radius 1 is 0.426 bits per heavy atom. The largest absolute Gasteiger partial charge is 0.479 e. The summed E-state index contributed by atoms with van der Waals surface area (Å²) in [5, 5.41) is 30.9. The first-order chi connectivity index (χ1) is 60.6. The zero-order valence-electron chi connectivity index (χ0n) is 70.6. The number of Topliss-reactive ketones (excluding diaryl/α,β-unsaturated/α-hetero) is 2. The van der Waals surface area contributed by atoms with Gasteiger partial charge in [0, 0.05) is 106 Å². The van der Waals surface area contributed by atoms with Crippen LogP contribution in [-0.2, 0) is 211 Å². The summed E-state index contributed by atoms with van der Waals surface area (Å²) in [6.45, 7) is -2.28. The molecule has 7 aliphatic rings. The van der Waals surface area contributed by atoms with E-state index in [1.165, 1.54) is 6.92 Å². The third kappa shape index (κ3) is 35.1. The summed E-state index contributed by atoms with van der Waals surface area (Å²) in [6.07, 6.45) is -50.6. The summed E-state index contributed by atoms with van der Waals surface area (Å²) in [7, 11) is -26.9. The SMILES string of the molecule is CO[C@H]1O[C@H](COS(=O)(=O)O)[C@@H](O[C@@H]2O[C@@H](C(=O)O)[C@@H](O[C@H]3O[C@H](COS(=O)(=O)O)[C@@H](O[C@@H]4O[C@H](C(=O)O)[C@@H](O[C@H]5O[C@H](COS(=O)(=O)O)[C@@H](OCCOCCOCCOCCCC(=O)[C@H](CCCCNC(=O)CCCC[C@@H]6SC[C@@H]7NC(=O)N[C@@H]76)CC(C)=O)[C@H](OC)[C@H]5OC)[C@H](OC)[C@H]4OC)[C@H](OS(=O)(=O)O)[C@H]3OS(=O)(=O)O)[C@H](OC)[C@H]2OC)[C@H](OC)[C@H]1OS(=O)(=O)O. The van der Waals surface area contributed by atoms with Gasteiger partial charge in [-0.15, -0.1) is 0 Å². The zero-order chi connectivity index (χ0) is 95.7. The lowest BCUT2D eigenvalue weighted by atomic mass is 9.90. The van der Waals surface area contributed by atoms with Crippen molar-refractivity contribution in [1.82, 2.24) is 16.0 Å². The van der Waals surface area contributed by atoms with Crippen molar-refractivity contribution in [1.29, 1.82) is 0 Å². The van der Waals surface area contributed by atoms with Gasteiger partial charge in [0.25, 0.3) is 0 Å². The number of thioether (sulfide) groups is 1. The lowest BCUT2D eigenvalue weighted by molar-refractivity contribution is -0.389. The molecule has 0 spiro atoms. The first kappa shape index (κ1) is 112. The minimum absolute atomic E-state index is 0.0163. The maximum atomic E-state index is 13.6. The third-order valence-electron chi connectivity index (χ3n) is 20.8. The van der Waals surface area contributed by atoms with Gasteiger partial charge in [-0.1, -0.05) is 12.8 Å². The molecule has 750 valence electrons. The van der Waals surface area contributed by atoms with E-state index in [2.05, 4.69) is 28.5 Å². The molecule has 56 nitrogen and oxygen atoms in total. The van der Waals surface area contributed by atoms with Crippen molar-refractivity contribution >= 4 is 110 Å². The van der Waals surface area contributed by atoms with E-state index in [9.17, 15) is 117 Å². The fraction of sp³-hybridized carbons (Fsp3) is 0.909. The molecule has 29 atom stereocenters. The summed E-state index contributed by atoms with van der Waals surface area (Å²) < 4.78 is 357. The number of hydrogen-bond acceptors (Lipinski definition) is 46. The number of carboxylic acids is 2. The van der Waals surface area contributed by atoms with Crippen LogP contribution in [-0.4, -0.2) is 430 Å². The van der Waals surface area contributed by atoms with Crippen molar-refractivity contribution in [2.24, 2.45) is 5.92 Å². The number of urea groups is 1. The van der Waals surface area contributed by atoms with Crippen molar-refractivity contribution in [2.75, 3.05) is 135 Å². The molecule has 7 rings (SSSR count). The number of carbonyl (C=O) groups excluding carboxylic acids is 4. The van der Waals surface area contributed by atoms with Gasteiger partial charge in [-0.3, -0.25) is 36.9 Å². The smallest absolute Gasteiger partial charge is 0.397 e. The fourth-order valence-corrected chi connectivity index (χ4v) is 19.2. The quantitative estimate of drug-likeness (QED) is 0.0155. The van der Waals surface area contributed by atoms with E-state index in [1.807, 2.05) is 11.8 Å². The van der Waals surface area contributed by atoms with Crippen LogP contribution in [0.3, 0.4) is 0 Å². The molecule has 129 heavy (non-hydrogen) atoms. The average Bonchev–Trinajstić information content (AvgIpc) is 0.899. The van der Waals surface area contributed by atoms with Crippen LogP contribution >= 0.6 is 11.8 Å². The normalized spacial score (nSPS) is 33.3. The van der Waals surface area contributed by atoms with E-state index in [0.29, 0.717) is 43.9 Å². The predicted molar refractivity (Wildman–Crippen MR) is 418 cm³/mol. The Labute approximate surface area is 746 Å². The Bertz CT molecular complexity index is 4280. The molecule has 7 heterocycles. The molecule has 3 amide bonds. The van der Waals surface area contributed by atoms with Gasteiger partial charge in [0.05, 0.1) is 71.5 Å². The third-order valence-corrected chi connectivity index (χ3v) is 25.0. The molecule has 0 unspecified atom stereocenters. The van der Waals surface area contributed by atoms with Crippen LogP contribution in [0.4, 0.5) is 4.79 Å². The molecular formula is C66H111N3O53S7. The maximum Gasteiger partial charge on any atom is 0.397 e. The number of carbonyl (C=O) groups is 6. The maximum absolute atomic E-state index is 13.6. The highest BCUT2D eigenvalue weighted by Crippen LogP contribution is 2.42. The van der Waals surface area contributed by atoms with E-state index in [-0.39, 0.29) is 94.7 Å². The first-order valence-electron chi connectivity index (χ1n) is 39.3. The Kier molecular flexibility index (Phi) is 44.9. The summed E-state index contributed by atoms with van der Waals surface area (Å²) in [5.74, 6) is -4.05. The minimum Gasteiger partial charge on any atom is -0.479 e. The minimum atomic E-state index is -6.20. The van der Waals surface area contributed by atoms with Crippen LogP contribution in [0.1, 0.15) is 71.1 Å². The van der Waals surface area contributed by atoms with Crippen molar-refractivity contribution < 1.29 is 241 Å². The molecule has 7 aliphatic heterocycles.